The van der Waals surface area contributed by atoms with Crippen molar-refractivity contribution in [1.82, 2.24) is 0 Å². The monoisotopic (exact) mass is 365 g/mol. The summed E-state index contributed by atoms with van der Waals surface area (Å²) < 4.78 is 30.2. The van der Waals surface area contributed by atoms with Gasteiger partial charge in [-0.25, -0.2) is 0 Å². The highest BCUT2D eigenvalue weighted by Crippen LogP contribution is 2.23. The molecule has 0 aliphatic heterocycles. The summed E-state index contributed by atoms with van der Waals surface area (Å²) >= 11 is 0. The Morgan fingerprint density at radius 3 is 2.23 bits per heavy atom. The SMILES string of the molecule is CCc1ccc(N=Cc2ccccc2OS(=O)(=O)c2ccccc2)cc1. The lowest BCUT2D eigenvalue weighted by Crippen LogP contribution is -2.10. The van der Waals surface area contributed by atoms with Crippen LogP contribution in [0.25, 0.3) is 0 Å². The van der Waals surface area contributed by atoms with Crippen LogP contribution in [0.5, 0.6) is 5.75 Å². The molecular weight excluding hydrogens is 346 g/mol. The van der Waals surface area contributed by atoms with Crippen LogP contribution in [0.1, 0.15) is 18.1 Å². The largest absolute Gasteiger partial charge is 0.378 e. The smallest absolute Gasteiger partial charge is 0.339 e. The Labute approximate surface area is 153 Å². The molecule has 0 aliphatic carbocycles. The third-order valence-corrected chi connectivity index (χ3v) is 5.10. The van der Waals surface area contributed by atoms with E-state index in [1.165, 1.54) is 17.7 Å². The molecule has 0 saturated carbocycles. The maximum atomic E-state index is 12.4. The van der Waals surface area contributed by atoms with Gasteiger partial charge in [-0.15, -0.1) is 0 Å². The first kappa shape index (κ1) is 17.9. The molecule has 0 aromatic heterocycles. The number of hydrogen-bond acceptors (Lipinski definition) is 4. The molecule has 0 amide bonds. The van der Waals surface area contributed by atoms with E-state index < -0.39 is 10.1 Å². The molecule has 5 heteroatoms. The highest BCUT2D eigenvalue weighted by molar-refractivity contribution is 7.87. The standard InChI is InChI=1S/C21H19NO3S/c1-2-17-12-14-19(15-13-17)22-16-18-8-6-7-11-21(18)25-26(23,24)20-9-4-3-5-10-20/h3-16H,2H2,1H3. The molecular formula is C21H19NO3S. The third kappa shape index (κ3) is 4.37. The number of benzene rings is 3. The molecule has 132 valence electrons. The number of aryl methyl sites for hydroxylation is 1. The zero-order valence-corrected chi connectivity index (χ0v) is 15.2. The summed E-state index contributed by atoms with van der Waals surface area (Å²) in [5.41, 5.74) is 2.62. The Hall–Kier alpha value is -2.92. The Kier molecular flexibility index (Phi) is 5.49. The van der Waals surface area contributed by atoms with Gasteiger partial charge in [0.1, 0.15) is 4.90 Å². The van der Waals surface area contributed by atoms with Gasteiger partial charge in [-0.05, 0) is 48.4 Å². The maximum Gasteiger partial charge on any atom is 0.339 e. The van der Waals surface area contributed by atoms with Gasteiger partial charge in [-0.2, -0.15) is 8.42 Å². The van der Waals surface area contributed by atoms with Crippen LogP contribution in [0.4, 0.5) is 5.69 Å². The number of para-hydroxylation sites is 1. The molecule has 0 N–H and O–H groups in total. The average Bonchev–Trinajstić information content (AvgIpc) is 2.68. The van der Waals surface area contributed by atoms with E-state index >= 15 is 0 Å². The summed E-state index contributed by atoms with van der Waals surface area (Å²) in [7, 11) is -3.89. The Morgan fingerprint density at radius 1 is 0.885 bits per heavy atom. The molecule has 0 spiro atoms. The second-order valence-corrected chi connectivity index (χ2v) is 7.21. The summed E-state index contributed by atoms with van der Waals surface area (Å²) in [6.07, 6.45) is 2.58. The van der Waals surface area contributed by atoms with Crippen molar-refractivity contribution >= 4 is 22.0 Å². The Morgan fingerprint density at radius 2 is 1.54 bits per heavy atom. The molecule has 0 unspecified atom stereocenters. The van der Waals surface area contributed by atoms with Crippen molar-refractivity contribution < 1.29 is 12.6 Å². The van der Waals surface area contributed by atoms with Crippen LogP contribution in [-0.4, -0.2) is 14.6 Å². The van der Waals surface area contributed by atoms with Crippen molar-refractivity contribution in [3.8, 4) is 5.75 Å². The molecule has 0 atom stereocenters. The second-order valence-electron chi connectivity index (χ2n) is 5.67. The molecule has 0 fully saturated rings. The van der Waals surface area contributed by atoms with Crippen LogP contribution in [0.3, 0.4) is 0 Å². The predicted octanol–water partition coefficient (Wildman–Crippen LogP) is 4.77. The molecule has 4 nitrogen and oxygen atoms in total. The van der Waals surface area contributed by atoms with Gasteiger partial charge in [-0.3, -0.25) is 4.99 Å². The molecule has 0 radical (unpaired) electrons. The number of hydrogen-bond donors (Lipinski definition) is 0. The molecule has 3 aromatic rings. The fraction of sp³-hybridized carbons (Fsp3) is 0.0952. The fourth-order valence-electron chi connectivity index (χ4n) is 2.38. The van der Waals surface area contributed by atoms with Crippen LogP contribution in [0.2, 0.25) is 0 Å². The van der Waals surface area contributed by atoms with Crippen LogP contribution >= 0.6 is 0 Å². The first-order chi connectivity index (χ1) is 12.6. The van der Waals surface area contributed by atoms with E-state index in [1.807, 2.05) is 30.3 Å². The summed E-state index contributed by atoms with van der Waals surface area (Å²) in [5, 5.41) is 0. The molecule has 0 bridgehead atoms. The summed E-state index contributed by atoms with van der Waals surface area (Å²) in [6.45, 7) is 2.10. The van der Waals surface area contributed by atoms with Crippen LogP contribution in [0.15, 0.2) is 88.8 Å². The van der Waals surface area contributed by atoms with Crippen molar-refractivity contribution in [2.75, 3.05) is 0 Å². The zero-order valence-electron chi connectivity index (χ0n) is 14.4. The van der Waals surface area contributed by atoms with Crippen molar-refractivity contribution in [3.63, 3.8) is 0 Å². The minimum Gasteiger partial charge on any atom is -0.378 e. The summed E-state index contributed by atoms with van der Waals surface area (Å²) in [6, 6.07) is 22.9. The second kappa shape index (κ2) is 7.97. The normalized spacial score (nSPS) is 11.6. The number of aliphatic imine (C=N–C) groups is 1. The lowest BCUT2D eigenvalue weighted by molar-refractivity contribution is 0.485. The topological polar surface area (TPSA) is 55.7 Å². The van der Waals surface area contributed by atoms with E-state index in [4.69, 9.17) is 4.18 Å². The van der Waals surface area contributed by atoms with E-state index in [0.29, 0.717) is 5.56 Å². The Balaban J connectivity index is 1.85. The van der Waals surface area contributed by atoms with E-state index in [2.05, 4.69) is 11.9 Å². The van der Waals surface area contributed by atoms with Gasteiger partial charge in [-0.1, -0.05) is 49.4 Å². The van der Waals surface area contributed by atoms with Crippen molar-refractivity contribution in [1.29, 1.82) is 0 Å². The number of nitrogens with zero attached hydrogens (tertiary/aromatic N) is 1. The first-order valence-electron chi connectivity index (χ1n) is 8.30. The van der Waals surface area contributed by atoms with Gasteiger partial charge in [0.05, 0.1) is 5.69 Å². The van der Waals surface area contributed by atoms with Crippen molar-refractivity contribution in [2.24, 2.45) is 4.99 Å². The van der Waals surface area contributed by atoms with Crippen LogP contribution in [0, 0.1) is 0 Å². The minimum absolute atomic E-state index is 0.113. The number of rotatable bonds is 6. The lowest BCUT2D eigenvalue weighted by Gasteiger charge is -2.09. The molecule has 26 heavy (non-hydrogen) atoms. The fourth-order valence-corrected chi connectivity index (χ4v) is 3.35. The molecule has 0 saturated heterocycles. The van der Waals surface area contributed by atoms with Gasteiger partial charge in [0.2, 0.25) is 0 Å². The van der Waals surface area contributed by atoms with E-state index in [1.54, 1.807) is 42.6 Å². The van der Waals surface area contributed by atoms with E-state index in [-0.39, 0.29) is 10.6 Å². The lowest BCUT2D eigenvalue weighted by atomic mass is 10.1. The predicted molar refractivity (Wildman–Crippen MR) is 104 cm³/mol. The van der Waals surface area contributed by atoms with Gasteiger partial charge < -0.3 is 4.18 Å². The maximum absolute atomic E-state index is 12.4. The van der Waals surface area contributed by atoms with Crippen molar-refractivity contribution in [3.05, 3.63) is 90.0 Å². The molecule has 3 rings (SSSR count). The quantitative estimate of drug-likeness (QED) is 0.467. The highest BCUT2D eigenvalue weighted by atomic mass is 32.2. The van der Waals surface area contributed by atoms with E-state index in [0.717, 1.165) is 12.1 Å². The first-order valence-corrected chi connectivity index (χ1v) is 9.71. The van der Waals surface area contributed by atoms with Gasteiger partial charge in [0.25, 0.3) is 0 Å². The van der Waals surface area contributed by atoms with Crippen LogP contribution in [-0.2, 0) is 16.5 Å². The van der Waals surface area contributed by atoms with E-state index in [9.17, 15) is 8.42 Å². The molecule has 0 heterocycles. The third-order valence-electron chi connectivity index (χ3n) is 3.85. The highest BCUT2D eigenvalue weighted by Gasteiger charge is 2.17. The van der Waals surface area contributed by atoms with Crippen molar-refractivity contribution in [2.45, 2.75) is 18.2 Å². The average molecular weight is 365 g/mol. The van der Waals surface area contributed by atoms with Crippen LogP contribution < -0.4 is 4.18 Å². The van der Waals surface area contributed by atoms with Gasteiger partial charge in [0, 0.05) is 11.8 Å². The van der Waals surface area contributed by atoms with Gasteiger partial charge in [0.15, 0.2) is 5.75 Å². The summed E-state index contributed by atoms with van der Waals surface area (Å²) in [5.74, 6) is 0.241. The molecule has 0 aliphatic rings. The summed E-state index contributed by atoms with van der Waals surface area (Å²) in [4.78, 5) is 4.53. The van der Waals surface area contributed by atoms with Gasteiger partial charge >= 0.3 is 10.1 Å². The zero-order chi connectivity index (χ0) is 18.4. The molecule has 3 aromatic carbocycles. The minimum atomic E-state index is -3.89. The Bertz CT molecular complexity index is 995.